The van der Waals surface area contributed by atoms with Crippen LogP contribution >= 0.6 is 0 Å². The second kappa shape index (κ2) is 13.6. The second-order valence-corrected chi connectivity index (χ2v) is 11.6. The van der Waals surface area contributed by atoms with Crippen molar-refractivity contribution >= 4 is 17.5 Å². The number of carbonyl (C=O) groups is 3. The van der Waals surface area contributed by atoms with Crippen molar-refractivity contribution in [3.63, 3.8) is 0 Å². The Morgan fingerprint density at radius 2 is 1.59 bits per heavy atom. The van der Waals surface area contributed by atoms with Crippen molar-refractivity contribution in [1.82, 2.24) is 4.90 Å². The van der Waals surface area contributed by atoms with Gasteiger partial charge in [-0.1, -0.05) is 34.6 Å². The zero-order valence-electron chi connectivity index (χ0n) is 24.0. The summed E-state index contributed by atoms with van der Waals surface area (Å²) in [5.41, 5.74) is 0. The minimum Gasteiger partial charge on any atom is -0.462 e. The van der Waals surface area contributed by atoms with E-state index in [0.717, 1.165) is 0 Å². The highest BCUT2D eigenvalue weighted by Crippen LogP contribution is 2.33. The molecular formula is C28H49NO8. The summed E-state index contributed by atoms with van der Waals surface area (Å²) in [4.78, 5) is 41.2. The fourth-order valence-electron chi connectivity index (χ4n) is 5.79. The third-order valence-electron chi connectivity index (χ3n) is 8.40. The topological polar surface area (TPSA) is 123 Å². The predicted octanol–water partition coefficient (Wildman–Crippen LogP) is 2.59. The number of hydrogen-bond acceptors (Lipinski definition) is 9. The Labute approximate surface area is 222 Å². The standard InChI is InChI=1S/C28H49NO8/c1-10-21-14(2)11-12-20(30)15(3)13-16(4)26(17(5)23(31)18(6)27(34)36-21)37-28-25(33)22(29(8)9)24(32)19(7)35-28/h14-19,21-22,24-26,28,32-33H,10-13H2,1-9H3/t14-,15-,16+,17+,18-,19-,21?,22+,24-,25-,26+,28+/m1/s1. The van der Waals surface area contributed by atoms with Gasteiger partial charge in [-0.05, 0) is 59.0 Å². The molecule has 12 atom stereocenters. The number of rotatable bonds is 4. The number of hydrogen-bond donors (Lipinski definition) is 2. The highest BCUT2D eigenvalue weighted by molar-refractivity contribution is 6.00. The molecule has 0 spiro atoms. The van der Waals surface area contributed by atoms with Crippen molar-refractivity contribution < 1.29 is 38.8 Å². The van der Waals surface area contributed by atoms with Gasteiger partial charge in [-0.15, -0.1) is 0 Å². The monoisotopic (exact) mass is 527 g/mol. The number of carbonyl (C=O) groups excluding carboxylic acids is 3. The summed E-state index contributed by atoms with van der Waals surface area (Å²) in [6, 6.07) is -0.629. The average Bonchev–Trinajstić information content (AvgIpc) is 2.84. The molecule has 2 rings (SSSR count). The number of likely N-dealkylation sites (N-methyl/N-ethyl adjacent to an activating group) is 1. The van der Waals surface area contributed by atoms with Crippen LogP contribution in [0.25, 0.3) is 0 Å². The predicted molar refractivity (Wildman–Crippen MR) is 139 cm³/mol. The van der Waals surface area contributed by atoms with E-state index < -0.39 is 54.6 Å². The van der Waals surface area contributed by atoms with Crippen LogP contribution in [-0.2, 0) is 28.6 Å². The lowest BCUT2D eigenvalue weighted by molar-refractivity contribution is -0.300. The fraction of sp³-hybridized carbons (Fsp3) is 0.893. The minimum atomic E-state index is -1.17. The van der Waals surface area contributed by atoms with Gasteiger partial charge < -0.3 is 29.3 Å². The molecule has 0 aromatic carbocycles. The van der Waals surface area contributed by atoms with Crippen molar-refractivity contribution in [2.75, 3.05) is 14.1 Å². The maximum absolute atomic E-state index is 13.5. The van der Waals surface area contributed by atoms with E-state index in [0.29, 0.717) is 25.7 Å². The Morgan fingerprint density at radius 1 is 0.973 bits per heavy atom. The van der Waals surface area contributed by atoms with Crippen molar-refractivity contribution in [2.45, 2.75) is 117 Å². The van der Waals surface area contributed by atoms with Crippen LogP contribution in [0.4, 0.5) is 0 Å². The molecule has 9 nitrogen and oxygen atoms in total. The first-order valence-corrected chi connectivity index (χ1v) is 13.8. The summed E-state index contributed by atoms with van der Waals surface area (Å²) >= 11 is 0. The third-order valence-corrected chi connectivity index (χ3v) is 8.40. The van der Waals surface area contributed by atoms with E-state index in [-0.39, 0.29) is 35.4 Å². The first-order valence-electron chi connectivity index (χ1n) is 13.8. The Bertz CT molecular complexity index is 788. The van der Waals surface area contributed by atoms with Crippen LogP contribution in [0.3, 0.4) is 0 Å². The van der Waals surface area contributed by atoms with Gasteiger partial charge >= 0.3 is 5.97 Å². The number of aliphatic hydroxyl groups excluding tert-OH is 2. The van der Waals surface area contributed by atoms with Crippen LogP contribution in [0, 0.1) is 29.6 Å². The third kappa shape index (κ3) is 7.60. The van der Waals surface area contributed by atoms with Gasteiger partial charge in [0.1, 0.15) is 23.9 Å². The summed E-state index contributed by atoms with van der Waals surface area (Å²) < 4.78 is 17.9. The number of Topliss-reactive ketones (excluding diaryl/α,β-unsaturated/α-hetero) is 2. The van der Waals surface area contributed by atoms with Crippen LogP contribution in [0.2, 0.25) is 0 Å². The Balaban J connectivity index is 2.39. The lowest BCUT2D eigenvalue weighted by atomic mass is 9.80. The molecule has 2 aliphatic heterocycles. The van der Waals surface area contributed by atoms with E-state index in [4.69, 9.17) is 14.2 Å². The van der Waals surface area contributed by atoms with E-state index in [2.05, 4.69) is 0 Å². The van der Waals surface area contributed by atoms with Gasteiger partial charge in [0.25, 0.3) is 0 Å². The first kappa shape index (κ1) is 31.8. The molecule has 0 amide bonds. The van der Waals surface area contributed by atoms with Crippen molar-refractivity contribution in [1.29, 1.82) is 0 Å². The molecule has 214 valence electrons. The van der Waals surface area contributed by atoms with Crippen LogP contribution in [0.15, 0.2) is 0 Å². The van der Waals surface area contributed by atoms with Crippen LogP contribution < -0.4 is 0 Å². The molecule has 2 fully saturated rings. The zero-order valence-corrected chi connectivity index (χ0v) is 24.0. The number of nitrogens with zero attached hydrogens (tertiary/aromatic N) is 1. The molecule has 37 heavy (non-hydrogen) atoms. The summed E-state index contributed by atoms with van der Waals surface area (Å²) in [5.74, 6) is -2.96. The molecule has 0 bridgehead atoms. The van der Waals surface area contributed by atoms with Gasteiger partial charge in [-0.2, -0.15) is 0 Å². The quantitative estimate of drug-likeness (QED) is 0.419. The van der Waals surface area contributed by atoms with Gasteiger partial charge in [-0.3, -0.25) is 14.4 Å². The first-order chi connectivity index (χ1) is 17.2. The molecule has 2 saturated heterocycles. The molecule has 1 unspecified atom stereocenters. The summed E-state index contributed by atoms with van der Waals surface area (Å²) in [6.45, 7) is 12.7. The SMILES string of the molecule is CCC1OC(=O)[C@H](C)C(=O)[C@H](C)[C@@H](O[C@@H]2O[C@H](C)[C@@H](O)[C@H](N(C)C)[C@H]2O)[C@@H](C)C[C@@H](C)C(=O)CC[C@H]1C. The Kier molecular flexibility index (Phi) is 11.7. The normalized spacial score (nSPS) is 43.4. The van der Waals surface area contributed by atoms with Gasteiger partial charge in [0.15, 0.2) is 12.1 Å². The molecule has 0 saturated carbocycles. The summed E-state index contributed by atoms with van der Waals surface area (Å²) in [5, 5.41) is 21.6. The number of ketones is 2. The Morgan fingerprint density at radius 3 is 2.16 bits per heavy atom. The molecule has 2 N–H and O–H groups in total. The molecule has 0 aromatic rings. The molecule has 2 aliphatic rings. The summed E-state index contributed by atoms with van der Waals surface area (Å²) in [6.07, 6.45) is -2.80. The molecule has 0 aliphatic carbocycles. The molecular weight excluding hydrogens is 478 g/mol. The lowest BCUT2D eigenvalue weighted by Crippen LogP contribution is -2.63. The largest absolute Gasteiger partial charge is 0.462 e. The van der Waals surface area contributed by atoms with Crippen LogP contribution in [0.1, 0.15) is 74.1 Å². The smallest absolute Gasteiger partial charge is 0.316 e. The second-order valence-electron chi connectivity index (χ2n) is 11.6. The van der Waals surface area contributed by atoms with Gasteiger partial charge in [0.05, 0.1) is 24.4 Å². The molecule has 0 radical (unpaired) electrons. The molecule has 2 heterocycles. The average molecular weight is 528 g/mol. The lowest BCUT2D eigenvalue weighted by Gasteiger charge is -2.46. The maximum atomic E-state index is 13.5. The van der Waals surface area contributed by atoms with Gasteiger partial charge in [0, 0.05) is 18.3 Å². The van der Waals surface area contributed by atoms with Crippen molar-refractivity contribution in [2.24, 2.45) is 29.6 Å². The molecule has 9 heteroatoms. The number of aliphatic hydroxyl groups is 2. The highest BCUT2D eigenvalue weighted by Gasteiger charge is 2.47. The van der Waals surface area contributed by atoms with Crippen molar-refractivity contribution in [3.8, 4) is 0 Å². The fourth-order valence-corrected chi connectivity index (χ4v) is 5.79. The number of ether oxygens (including phenoxy) is 3. The number of cyclic esters (lactones) is 1. The van der Waals surface area contributed by atoms with Crippen LogP contribution in [0.5, 0.6) is 0 Å². The number of esters is 1. The van der Waals surface area contributed by atoms with E-state index in [9.17, 15) is 24.6 Å². The van der Waals surface area contributed by atoms with E-state index in [1.54, 1.807) is 39.8 Å². The highest BCUT2D eigenvalue weighted by atomic mass is 16.7. The van der Waals surface area contributed by atoms with E-state index in [1.807, 2.05) is 27.7 Å². The summed E-state index contributed by atoms with van der Waals surface area (Å²) in [7, 11) is 3.51. The van der Waals surface area contributed by atoms with Crippen LogP contribution in [-0.4, -0.2) is 89.6 Å². The van der Waals surface area contributed by atoms with Gasteiger partial charge in [-0.25, -0.2) is 0 Å². The van der Waals surface area contributed by atoms with E-state index >= 15 is 0 Å². The van der Waals surface area contributed by atoms with Gasteiger partial charge in [0.2, 0.25) is 0 Å². The maximum Gasteiger partial charge on any atom is 0.316 e. The minimum absolute atomic E-state index is 0.00759. The van der Waals surface area contributed by atoms with Crippen molar-refractivity contribution in [3.05, 3.63) is 0 Å². The van der Waals surface area contributed by atoms with E-state index in [1.165, 1.54) is 0 Å². The molecule has 0 aromatic heterocycles. The zero-order chi connectivity index (χ0) is 28.2. The Hall–Kier alpha value is -1.39.